The van der Waals surface area contributed by atoms with Crippen LogP contribution in [-0.4, -0.2) is 0 Å². The van der Waals surface area contributed by atoms with Crippen molar-refractivity contribution in [3.8, 4) is 0 Å². The maximum atomic E-state index is 3.72. The maximum absolute atomic E-state index is 3.72. The van der Waals surface area contributed by atoms with Gasteiger partial charge < -0.3 is 0 Å². The van der Waals surface area contributed by atoms with E-state index in [2.05, 4.69) is 24.1 Å². The molecular formula is C9H8S2. The van der Waals surface area contributed by atoms with Crippen molar-refractivity contribution in [2.24, 2.45) is 0 Å². The van der Waals surface area contributed by atoms with Crippen LogP contribution in [0.3, 0.4) is 0 Å². The molecule has 0 aliphatic heterocycles. The molecule has 0 spiro atoms. The van der Waals surface area contributed by atoms with E-state index in [0.29, 0.717) is 0 Å². The van der Waals surface area contributed by atoms with Gasteiger partial charge in [0.25, 0.3) is 0 Å². The SMILES string of the molecule is C=CCc1cc2ccsc2s1. The predicted octanol–water partition coefficient (Wildman–Crippen LogP) is 3.69. The van der Waals surface area contributed by atoms with Crippen LogP contribution >= 0.6 is 22.7 Å². The van der Waals surface area contributed by atoms with E-state index in [9.17, 15) is 0 Å². The first-order chi connectivity index (χ1) is 5.40. The highest BCUT2D eigenvalue weighted by atomic mass is 32.2. The second kappa shape index (κ2) is 2.80. The standard InChI is InChI=1S/C9H8S2/c1-2-3-8-6-7-4-5-10-9(7)11-8/h2,4-6H,1,3H2. The van der Waals surface area contributed by atoms with Gasteiger partial charge in [0.05, 0.1) is 4.01 Å². The summed E-state index contributed by atoms with van der Waals surface area (Å²) in [4.78, 5) is 1.42. The Morgan fingerprint density at radius 1 is 1.55 bits per heavy atom. The minimum absolute atomic E-state index is 1.01. The summed E-state index contributed by atoms with van der Waals surface area (Å²) >= 11 is 3.69. The van der Waals surface area contributed by atoms with Crippen molar-refractivity contribution in [2.45, 2.75) is 6.42 Å². The van der Waals surface area contributed by atoms with Gasteiger partial charge in [0.2, 0.25) is 0 Å². The van der Waals surface area contributed by atoms with E-state index < -0.39 is 0 Å². The van der Waals surface area contributed by atoms with Gasteiger partial charge in [0.15, 0.2) is 0 Å². The molecule has 0 unspecified atom stereocenters. The molecule has 0 N–H and O–H groups in total. The van der Waals surface area contributed by atoms with Gasteiger partial charge in [-0.25, -0.2) is 0 Å². The van der Waals surface area contributed by atoms with E-state index in [-0.39, 0.29) is 0 Å². The molecule has 2 heteroatoms. The number of hydrogen-bond acceptors (Lipinski definition) is 2. The summed E-state index contributed by atoms with van der Waals surface area (Å²) in [5.41, 5.74) is 0. The summed E-state index contributed by atoms with van der Waals surface area (Å²) in [5.74, 6) is 0. The molecule has 0 aliphatic rings. The van der Waals surface area contributed by atoms with Gasteiger partial charge in [0, 0.05) is 10.3 Å². The van der Waals surface area contributed by atoms with Crippen LogP contribution in [0.15, 0.2) is 30.2 Å². The van der Waals surface area contributed by atoms with Crippen molar-refractivity contribution in [2.75, 3.05) is 0 Å². The highest BCUT2D eigenvalue weighted by Gasteiger charge is 1.99. The van der Waals surface area contributed by atoms with Gasteiger partial charge in [-0.15, -0.1) is 29.3 Å². The summed E-state index contributed by atoms with van der Waals surface area (Å²) in [7, 11) is 0. The Morgan fingerprint density at radius 2 is 2.45 bits per heavy atom. The summed E-state index contributed by atoms with van der Waals surface area (Å²) in [5, 5.41) is 3.52. The number of fused-ring (bicyclic) bond motifs is 1. The lowest BCUT2D eigenvalue weighted by molar-refractivity contribution is 1.36. The maximum Gasteiger partial charge on any atom is 0.0867 e. The smallest absolute Gasteiger partial charge is 0.0867 e. The minimum Gasteiger partial charge on any atom is -0.133 e. The van der Waals surface area contributed by atoms with Crippen molar-refractivity contribution in [1.82, 2.24) is 0 Å². The molecule has 0 radical (unpaired) electrons. The van der Waals surface area contributed by atoms with Crippen LogP contribution in [0.2, 0.25) is 0 Å². The van der Waals surface area contributed by atoms with Crippen LogP contribution in [0.1, 0.15) is 4.88 Å². The van der Waals surface area contributed by atoms with Crippen LogP contribution < -0.4 is 0 Å². The average Bonchev–Trinajstić information content (AvgIpc) is 2.46. The highest BCUT2D eigenvalue weighted by molar-refractivity contribution is 7.37. The fraction of sp³-hybridized carbons (Fsp3) is 0.111. The van der Waals surface area contributed by atoms with Crippen LogP contribution in [0.25, 0.3) is 9.40 Å². The molecule has 2 aromatic heterocycles. The third-order valence-electron chi connectivity index (χ3n) is 1.54. The van der Waals surface area contributed by atoms with Gasteiger partial charge in [0.1, 0.15) is 0 Å². The van der Waals surface area contributed by atoms with Gasteiger partial charge in [-0.2, -0.15) is 0 Å². The Morgan fingerprint density at radius 3 is 3.18 bits per heavy atom. The van der Waals surface area contributed by atoms with Gasteiger partial charge in [-0.3, -0.25) is 0 Å². The zero-order valence-electron chi connectivity index (χ0n) is 6.04. The fourth-order valence-electron chi connectivity index (χ4n) is 1.06. The van der Waals surface area contributed by atoms with Crippen molar-refractivity contribution >= 4 is 32.1 Å². The topological polar surface area (TPSA) is 0 Å². The first-order valence-electron chi connectivity index (χ1n) is 3.47. The first kappa shape index (κ1) is 7.07. The van der Waals surface area contributed by atoms with Crippen LogP contribution in [0.5, 0.6) is 0 Å². The predicted molar refractivity (Wildman–Crippen MR) is 53.6 cm³/mol. The van der Waals surface area contributed by atoms with Gasteiger partial charge in [-0.05, 0) is 23.9 Å². The molecule has 0 saturated carbocycles. The molecule has 0 atom stereocenters. The molecule has 0 aromatic carbocycles. The van der Waals surface area contributed by atoms with Crippen LogP contribution in [0.4, 0.5) is 0 Å². The second-order valence-electron chi connectivity index (χ2n) is 2.37. The lowest BCUT2D eigenvalue weighted by Crippen LogP contribution is -1.67. The van der Waals surface area contributed by atoms with E-state index in [1.165, 1.54) is 14.3 Å². The van der Waals surface area contributed by atoms with E-state index in [4.69, 9.17) is 0 Å². The summed E-state index contributed by atoms with van der Waals surface area (Å²) < 4.78 is 1.43. The van der Waals surface area contributed by atoms with Gasteiger partial charge in [-0.1, -0.05) is 6.08 Å². The Bertz CT molecular complexity index is 339. The normalized spacial score (nSPS) is 10.5. The van der Waals surface area contributed by atoms with Crippen molar-refractivity contribution in [3.05, 3.63) is 35.0 Å². The molecule has 2 aromatic rings. The minimum atomic E-state index is 1.01. The Balaban J connectivity index is 2.49. The van der Waals surface area contributed by atoms with E-state index in [1.807, 2.05) is 28.7 Å². The molecule has 0 fully saturated rings. The lowest BCUT2D eigenvalue weighted by atomic mass is 10.3. The largest absolute Gasteiger partial charge is 0.133 e. The summed E-state index contributed by atoms with van der Waals surface area (Å²) in [6, 6.07) is 4.42. The van der Waals surface area contributed by atoms with Crippen molar-refractivity contribution in [3.63, 3.8) is 0 Å². The third-order valence-corrected chi connectivity index (χ3v) is 3.77. The Labute approximate surface area is 73.8 Å². The molecule has 0 amide bonds. The molecular weight excluding hydrogens is 172 g/mol. The summed E-state index contributed by atoms with van der Waals surface area (Å²) in [6.07, 6.45) is 2.96. The van der Waals surface area contributed by atoms with E-state index >= 15 is 0 Å². The number of hydrogen-bond donors (Lipinski definition) is 0. The molecule has 56 valence electrons. The first-order valence-corrected chi connectivity index (χ1v) is 5.16. The Kier molecular flexibility index (Phi) is 1.80. The molecule has 0 saturated heterocycles. The van der Waals surface area contributed by atoms with E-state index in [1.54, 1.807) is 0 Å². The average molecular weight is 180 g/mol. The lowest BCUT2D eigenvalue weighted by Gasteiger charge is -1.82. The third kappa shape index (κ3) is 1.24. The second-order valence-corrected chi connectivity index (χ2v) is 4.68. The highest BCUT2D eigenvalue weighted by Crippen LogP contribution is 2.30. The quantitative estimate of drug-likeness (QED) is 0.618. The summed E-state index contributed by atoms with van der Waals surface area (Å²) in [6.45, 7) is 3.72. The molecule has 0 bridgehead atoms. The Hall–Kier alpha value is -0.600. The zero-order valence-corrected chi connectivity index (χ0v) is 7.67. The fourth-order valence-corrected chi connectivity index (χ4v) is 3.21. The van der Waals surface area contributed by atoms with Crippen molar-refractivity contribution < 1.29 is 0 Å². The number of allylic oxidation sites excluding steroid dienone is 1. The molecule has 2 heterocycles. The zero-order chi connectivity index (χ0) is 7.68. The molecule has 0 nitrogen and oxygen atoms in total. The molecule has 11 heavy (non-hydrogen) atoms. The number of thiophene rings is 2. The van der Waals surface area contributed by atoms with Gasteiger partial charge >= 0.3 is 0 Å². The van der Waals surface area contributed by atoms with Crippen LogP contribution in [0, 0.1) is 0 Å². The van der Waals surface area contributed by atoms with Crippen LogP contribution in [-0.2, 0) is 6.42 Å². The van der Waals surface area contributed by atoms with E-state index in [0.717, 1.165) is 6.42 Å². The number of rotatable bonds is 2. The molecule has 0 aliphatic carbocycles. The molecule has 2 rings (SSSR count). The van der Waals surface area contributed by atoms with Crippen molar-refractivity contribution in [1.29, 1.82) is 0 Å². The monoisotopic (exact) mass is 180 g/mol.